The monoisotopic (exact) mass is 557 g/mol. The quantitative estimate of drug-likeness (QED) is 0.358. The van der Waals surface area contributed by atoms with E-state index in [1.54, 1.807) is 46.1 Å². The Morgan fingerprint density at radius 3 is 2.38 bits per heavy atom. The number of carbonyl (C=O) groups is 4. The highest BCUT2D eigenvalue weighted by Crippen LogP contribution is 2.27. The molecular formula is C28H39N5O5S. The van der Waals surface area contributed by atoms with Gasteiger partial charge < -0.3 is 26.4 Å². The topological polar surface area (TPSA) is 150 Å². The van der Waals surface area contributed by atoms with Crippen LogP contribution in [0, 0.1) is 11.8 Å². The van der Waals surface area contributed by atoms with Crippen LogP contribution < -0.4 is 21.3 Å². The Bertz CT molecular complexity index is 1180. The standard InChI is InChI=1S/C28H39N5O5S/c1-16-10-24(35)18(3)33-27(38)17(2)11-25(36)22(29-4)13-19-6-7-23(34)20(12-19)14-21-15-32-28(39-21)31-9-5-8-30-26(16)37/h6-7,12,15-18,22,29,34H,5,8-11,13-14H2,1-4H3,(H,30,37)(H,31,32)(H,33,38)/t16-,17-,18+,22+/m1/s1. The fourth-order valence-electron chi connectivity index (χ4n) is 4.39. The normalized spacial score (nSPS) is 24.7. The number of aromatic hydroxyl groups is 1. The van der Waals surface area contributed by atoms with Crippen molar-refractivity contribution in [1.29, 1.82) is 0 Å². The molecule has 0 unspecified atom stereocenters. The van der Waals surface area contributed by atoms with Crippen molar-refractivity contribution < 1.29 is 24.3 Å². The van der Waals surface area contributed by atoms with Crippen LogP contribution in [0.1, 0.15) is 56.0 Å². The van der Waals surface area contributed by atoms with Crippen LogP contribution in [-0.2, 0) is 32.0 Å². The molecule has 0 radical (unpaired) electrons. The van der Waals surface area contributed by atoms with E-state index in [4.69, 9.17) is 0 Å². The number of rotatable bonds is 1. The van der Waals surface area contributed by atoms with Crippen molar-refractivity contribution in [3.05, 3.63) is 40.4 Å². The van der Waals surface area contributed by atoms with Crippen LogP contribution in [0.25, 0.3) is 0 Å². The Hall–Kier alpha value is -3.31. The van der Waals surface area contributed by atoms with Gasteiger partial charge in [-0.15, -0.1) is 11.3 Å². The van der Waals surface area contributed by atoms with Gasteiger partial charge in [0.2, 0.25) is 11.8 Å². The van der Waals surface area contributed by atoms with Crippen LogP contribution in [0.5, 0.6) is 5.75 Å². The maximum Gasteiger partial charge on any atom is 0.223 e. The van der Waals surface area contributed by atoms with Crippen molar-refractivity contribution in [3.63, 3.8) is 0 Å². The Morgan fingerprint density at radius 1 is 0.949 bits per heavy atom. The van der Waals surface area contributed by atoms with Crippen molar-refractivity contribution >= 4 is 39.8 Å². The van der Waals surface area contributed by atoms with E-state index in [2.05, 4.69) is 26.3 Å². The predicted octanol–water partition coefficient (Wildman–Crippen LogP) is 2.20. The van der Waals surface area contributed by atoms with Crippen LogP contribution in [0.4, 0.5) is 5.13 Å². The lowest BCUT2D eigenvalue weighted by Crippen LogP contribution is -2.44. The van der Waals surface area contributed by atoms with Crippen molar-refractivity contribution in [2.45, 2.75) is 65.0 Å². The van der Waals surface area contributed by atoms with Gasteiger partial charge in [0.15, 0.2) is 16.7 Å². The van der Waals surface area contributed by atoms with E-state index in [0.717, 1.165) is 21.1 Å². The Kier molecular flexibility index (Phi) is 11.0. The van der Waals surface area contributed by atoms with Gasteiger partial charge in [0.1, 0.15) is 5.75 Å². The van der Waals surface area contributed by atoms with Crippen LogP contribution in [0.15, 0.2) is 24.4 Å². The molecule has 0 saturated carbocycles. The Balaban J connectivity index is 1.79. The molecule has 4 atom stereocenters. The summed E-state index contributed by atoms with van der Waals surface area (Å²) < 4.78 is 0. The molecule has 3 rings (SSSR count). The summed E-state index contributed by atoms with van der Waals surface area (Å²) in [6, 6.07) is 4.05. The van der Waals surface area contributed by atoms with E-state index in [-0.39, 0.29) is 42.0 Å². The second-order valence-corrected chi connectivity index (χ2v) is 11.4. The number of Topliss-reactive ketones (excluding diaryl/α,β-unsaturated/α-hetero) is 2. The van der Waals surface area contributed by atoms with E-state index in [1.807, 2.05) is 6.07 Å². The van der Waals surface area contributed by atoms with Crippen LogP contribution in [0.2, 0.25) is 0 Å². The lowest BCUT2D eigenvalue weighted by atomic mass is 9.93. The van der Waals surface area contributed by atoms with Gasteiger partial charge in [-0.1, -0.05) is 26.0 Å². The van der Waals surface area contributed by atoms with Gasteiger partial charge in [-0.25, -0.2) is 4.98 Å². The fraction of sp³-hybridized carbons (Fsp3) is 0.536. The van der Waals surface area contributed by atoms with Gasteiger partial charge in [0.05, 0.1) is 12.1 Å². The molecule has 4 bridgehead atoms. The highest BCUT2D eigenvalue weighted by molar-refractivity contribution is 7.15. The third-order valence-electron chi connectivity index (χ3n) is 6.92. The molecule has 0 aliphatic carbocycles. The van der Waals surface area contributed by atoms with E-state index in [0.29, 0.717) is 32.4 Å². The average Bonchev–Trinajstić information content (AvgIpc) is 3.34. The molecule has 2 amide bonds. The van der Waals surface area contributed by atoms with Gasteiger partial charge >= 0.3 is 0 Å². The number of nitrogens with one attached hydrogen (secondary N) is 4. The minimum Gasteiger partial charge on any atom is -0.508 e. The van der Waals surface area contributed by atoms with E-state index < -0.39 is 23.9 Å². The summed E-state index contributed by atoms with van der Waals surface area (Å²) in [7, 11) is 1.70. The number of ketones is 2. The minimum atomic E-state index is -0.765. The first-order valence-corrected chi connectivity index (χ1v) is 14.2. The number of anilines is 1. The number of likely N-dealkylation sites (N-methyl/N-ethyl adjacent to an activating group) is 1. The van der Waals surface area contributed by atoms with Gasteiger partial charge in [-0.2, -0.15) is 0 Å². The molecule has 1 aromatic carbocycles. The molecule has 10 nitrogen and oxygen atoms in total. The molecule has 39 heavy (non-hydrogen) atoms. The van der Waals surface area contributed by atoms with E-state index in [1.165, 1.54) is 11.3 Å². The number of phenolic OH excluding ortho intramolecular Hbond substituents is 1. The fourth-order valence-corrected chi connectivity index (χ4v) is 5.25. The molecule has 5 N–H and O–H groups in total. The van der Waals surface area contributed by atoms with Crippen LogP contribution >= 0.6 is 11.3 Å². The zero-order valence-corrected chi connectivity index (χ0v) is 23.8. The third kappa shape index (κ3) is 8.86. The molecule has 2 heterocycles. The average molecular weight is 558 g/mol. The van der Waals surface area contributed by atoms with Crippen molar-refractivity contribution in [2.75, 3.05) is 25.5 Å². The van der Waals surface area contributed by atoms with Crippen LogP contribution in [-0.4, -0.2) is 65.7 Å². The first-order valence-electron chi connectivity index (χ1n) is 13.4. The van der Waals surface area contributed by atoms with Gasteiger partial charge in [0, 0.05) is 55.3 Å². The summed E-state index contributed by atoms with van der Waals surface area (Å²) in [4.78, 5) is 56.3. The highest BCUT2D eigenvalue weighted by atomic mass is 32.1. The van der Waals surface area contributed by atoms with Crippen LogP contribution in [0.3, 0.4) is 0 Å². The molecule has 212 valence electrons. The summed E-state index contributed by atoms with van der Waals surface area (Å²) in [6.07, 6.45) is 3.38. The molecule has 1 aliphatic rings. The van der Waals surface area contributed by atoms with E-state index >= 15 is 0 Å². The summed E-state index contributed by atoms with van der Waals surface area (Å²) in [5.41, 5.74) is 1.63. The Morgan fingerprint density at radius 2 is 1.64 bits per heavy atom. The number of hydrogen-bond acceptors (Lipinski definition) is 9. The SMILES string of the molecule is CN[C@H]1Cc2ccc(O)c(c2)Cc2cnc(s2)NCCCNC(=O)[C@H](C)CC(=O)[C@H](C)NC(=O)[C@H](C)CC1=O. The largest absolute Gasteiger partial charge is 0.508 e. The lowest BCUT2D eigenvalue weighted by Gasteiger charge is -2.20. The van der Waals surface area contributed by atoms with Gasteiger partial charge in [-0.3, -0.25) is 19.2 Å². The molecule has 0 saturated heterocycles. The number of phenols is 1. The molecule has 1 aliphatic heterocycles. The zero-order chi connectivity index (χ0) is 28.5. The lowest BCUT2D eigenvalue weighted by molar-refractivity contribution is -0.133. The summed E-state index contributed by atoms with van der Waals surface area (Å²) in [6.45, 7) is 6.01. The molecule has 11 heteroatoms. The number of fused-ring (bicyclic) bond motifs is 4. The zero-order valence-electron chi connectivity index (χ0n) is 23.0. The molecule has 0 fully saturated rings. The second-order valence-electron chi connectivity index (χ2n) is 10.3. The number of nitrogens with zero attached hydrogens (tertiary/aromatic N) is 1. The third-order valence-corrected chi connectivity index (χ3v) is 7.87. The molecular weight excluding hydrogens is 518 g/mol. The predicted molar refractivity (Wildman–Crippen MR) is 151 cm³/mol. The number of amides is 2. The number of aromatic nitrogens is 1. The molecule has 1 aromatic heterocycles. The Labute approximate surface area is 233 Å². The number of thiazole rings is 1. The summed E-state index contributed by atoms with van der Waals surface area (Å²) in [5, 5.41) is 23.1. The van der Waals surface area contributed by atoms with Crippen molar-refractivity contribution in [2.24, 2.45) is 11.8 Å². The smallest absolute Gasteiger partial charge is 0.223 e. The first-order chi connectivity index (χ1) is 18.6. The first kappa shape index (κ1) is 30.2. The number of hydrogen-bond donors (Lipinski definition) is 5. The van der Waals surface area contributed by atoms with Crippen molar-refractivity contribution in [1.82, 2.24) is 20.9 Å². The summed E-state index contributed by atoms with van der Waals surface area (Å²) in [5.74, 6) is -1.93. The molecule has 0 spiro atoms. The maximum absolute atomic E-state index is 13.1. The van der Waals surface area contributed by atoms with Gasteiger partial charge in [-0.05, 0) is 44.0 Å². The highest BCUT2D eigenvalue weighted by Gasteiger charge is 2.27. The second kappa shape index (κ2) is 14.2. The summed E-state index contributed by atoms with van der Waals surface area (Å²) >= 11 is 1.50. The molecule has 2 aromatic rings. The van der Waals surface area contributed by atoms with Gasteiger partial charge in [0.25, 0.3) is 0 Å². The maximum atomic E-state index is 13.1. The van der Waals surface area contributed by atoms with Crippen molar-refractivity contribution in [3.8, 4) is 5.75 Å². The number of benzene rings is 1. The number of carbonyl (C=O) groups excluding carboxylic acids is 4. The minimum absolute atomic E-state index is 0.0111. The van der Waals surface area contributed by atoms with E-state index in [9.17, 15) is 24.3 Å².